The van der Waals surface area contributed by atoms with Crippen molar-refractivity contribution in [2.75, 3.05) is 10.6 Å². The largest absolute Gasteiger partial charge is 0.395 e. The van der Waals surface area contributed by atoms with Gasteiger partial charge in [0.2, 0.25) is 5.91 Å². The lowest BCUT2D eigenvalue weighted by molar-refractivity contribution is -0.123. The number of hydrogen-bond donors (Lipinski definition) is 3. The molecule has 1 atom stereocenters. The first kappa shape index (κ1) is 24.7. The first-order valence-electron chi connectivity index (χ1n) is 11.5. The summed E-state index contributed by atoms with van der Waals surface area (Å²) in [5.74, 6) is -1.10. The van der Waals surface area contributed by atoms with E-state index in [1.807, 2.05) is 31.2 Å². The van der Waals surface area contributed by atoms with Crippen LogP contribution in [-0.2, 0) is 4.79 Å². The van der Waals surface area contributed by atoms with Crippen molar-refractivity contribution >= 4 is 40.6 Å². The van der Waals surface area contributed by atoms with Crippen LogP contribution >= 0.6 is 11.5 Å². The maximum Gasteiger partial charge on any atom is 0.272 e. The number of nitrogens with two attached hydrogens (primary N) is 2. The second kappa shape index (κ2) is 10.8. The van der Waals surface area contributed by atoms with Gasteiger partial charge in [0.15, 0.2) is 5.69 Å². The molecule has 0 saturated heterocycles. The fourth-order valence-electron chi connectivity index (χ4n) is 4.22. The third kappa shape index (κ3) is 5.52. The van der Waals surface area contributed by atoms with Gasteiger partial charge in [-0.2, -0.15) is 4.37 Å². The van der Waals surface area contributed by atoms with Crippen molar-refractivity contribution in [3.05, 3.63) is 40.4 Å². The van der Waals surface area contributed by atoms with E-state index in [-0.39, 0.29) is 28.2 Å². The minimum absolute atomic E-state index is 0.0484. The van der Waals surface area contributed by atoms with Gasteiger partial charge in [0, 0.05) is 11.7 Å². The van der Waals surface area contributed by atoms with Crippen LogP contribution in [0, 0.1) is 0 Å². The van der Waals surface area contributed by atoms with E-state index in [0.717, 1.165) is 42.8 Å². The topological polar surface area (TPSA) is 131 Å². The predicted molar refractivity (Wildman–Crippen MR) is 131 cm³/mol. The number of carbonyl (C=O) groups excluding carboxylic acids is 3. The minimum atomic E-state index is -0.792. The summed E-state index contributed by atoms with van der Waals surface area (Å²) in [5, 5.41) is 3.14. The predicted octanol–water partition coefficient (Wildman–Crippen LogP) is 3.82. The van der Waals surface area contributed by atoms with Crippen LogP contribution in [0.1, 0.15) is 90.9 Å². The van der Waals surface area contributed by atoms with Crippen molar-refractivity contribution < 1.29 is 14.4 Å². The Morgan fingerprint density at radius 2 is 1.82 bits per heavy atom. The van der Waals surface area contributed by atoms with Crippen molar-refractivity contribution in [2.24, 2.45) is 5.73 Å². The van der Waals surface area contributed by atoms with E-state index in [1.54, 1.807) is 0 Å². The maximum absolute atomic E-state index is 13.8. The molecule has 2 aromatic rings. The molecule has 8 nitrogen and oxygen atoms in total. The van der Waals surface area contributed by atoms with E-state index in [2.05, 4.69) is 23.5 Å². The molecule has 3 rings (SSSR count). The summed E-state index contributed by atoms with van der Waals surface area (Å²) >= 11 is 0.825. The first-order valence-corrected chi connectivity index (χ1v) is 12.3. The second-order valence-electron chi connectivity index (χ2n) is 8.85. The molecule has 178 valence electrons. The Bertz CT molecular complexity index is 996. The van der Waals surface area contributed by atoms with Crippen LogP contribution in [0.4, 0.5) is 11.4 Å². The van der Waals surface area contributed by atoms with Crippen LogP contribution in [0.3, 0.4) is 0 Å². The molecule has 33 heavy (non-hydrogen) atoms. The molecule has 1 aromatic carbocycles. The maximum atomic E-state index is 13.8. The van der Waals surface area contributed by atoms with E-state index in [9.17, 15) is 14.4 Å². The SMILES string of the molecule is CCCC(C(=O)NC1CCCC1)N(C(=O)c1snc(C(N)=O)c1N)c1ccc(C(C)C)cc1. The van der Waals surface area contributed by atoms with Gasteiger partial charge in [-0.05, 0) is 54.4 Å². The fraction of sp³-hybridized carbons (Fsp3) is 0.500. The highest BCUT2D eigenvalue weighted by molar-refractivity contribution is 7.09. The molecule has 1 aromatic heterocycles. The molecule has 1 aliphatic carbocycles. The van der Waals surface area contributed by atoms with Crippen molar-refractivity contribution in [2.45, 2.75) is 77.3 Å². The van der Waals surface area contributed by atoms with Crippen molar-refractivity contribution in [3.63, 3.8) is 0 Å². The average molecular weight is 472 g/mol. The lowest BCUT2D eigenvalue weighted by Gasteiger charge is -2.32. The Hall–Kier alpha value is -2.94. The lowest BCUT2D eigenvalue weighted by Crippen LogP contribution is -2.51. The highest BCUT2D eigenvalue weighted by Crippen LogP contribution is 2.30. The number of hydrogen-bond acceptors (Lipinski definition) is 6. The van der Waals surface area contributed by atoms with E-state index in [1.165, 1.54) is 4.90 Å². The molecule has 1 unspecified atom stereocenters. The van der Waals surface area contributed by atoms with Crippen LogP contribution in [0.5, 0.6) is 0 Å². The molecule has 0 spiro atoms. The summed E-state index contributed by atoms with van der Waals surface area (Å²) in [4.78, 5) is 40.4. The average Bonchev–Trinajstić information content (AvgIpc) is 3.43. The molecule has 3 amide bonds. The molecule has 9 heteroatoms. The molecule has 0 radical (unpaired) electrons. The van der Waals surface area contributed by atoms with Gasteiger partial charge in [-0.15, -0.1) is 0 Å². The number of amides is 3. The smallest absolute Gasteiger partial charge is 0.272 e. The summed E-state index contributed by atoms with van der Waals surface area (Å²) < 4.78 is 3.98. The third-order valence-electron chi connectivity index (χ3n) is 6.09. The summed E-state index contributed by atoms with van der Waals surface area (Å²) in [6, 6.07) is 7.04. The number of carbonyl (C=O) groups is 3. The molecule has 1 heterocycles. The van der Waals surface area contributed by atoms with Gasteiger partial charge in [-0.3, -0.25) is 19.3 Å². The van der Waals surface area contributed by atoms with E-state index in [4.69, 9.17) is 11.5 Å². The number of nitrogens with one attached hydrogen (secondary N) is 1. The number of benzene rings is 1. The molecule has 1 saturated carbocycles. The molecular weight excluding hydrogens is 438 g/mol. The number of nitrogens with zero attached hydrogens (tertiary/aromatic N) is 2. The zero-order chi connectivity index (χ0) is 24.1. The zero-order valence-electron chi connectivity index (χ0n) is 19.5. The Morgan fingerprint density at radius 1 is 1.18 bits per heavy atom. The molecule has 5 N–H and O–H groups in total. The molecular formula is C24H33N5O3S. The first-order chi connectivity index (χ1) is 15.7. The van der Waals surface area contributed by atoms with Gasteiger partial charge in [0.05, 0.1) is 5.69 Å². The third-order valence-corrected chi connectivity index (χ3v) is 6.94. The molecule has 0 aliphatic heterocycles. The van der Waals surface area contributed by atoms with Gasteiger partial charge in [0.1, 0.15) is 10.9 Å². The summed E-state index contributed by atoms with van der Waals surface area (Å²) in [6.45, 7) is 6.17. The Morgan fingerprint density at radius 3 is 2.33 bits per heavy atom. The van der Waals surface area contributed by atoms with E-state index in [0.29, 0.717) is 24.4 Å². The van der Waals surface area contributed by atoms with Crippen molar-refractivity contribution in [3.8, 4) is 0 Å². The number of rotatable bonds is 9. The monoisotopic (exact) mass is 471 g/mol. The van der Waals surface area contributed by atoms with Gasteiger partial charge >= 0.3 is 0 Å². The number of aromatic nitrogens is 1. The number of anilines is 2. The normalized spacial score (nSPS) is 14.9. The molecule has 1 aliphatic rings. The highest BCUT2D eigenvalue weighted by Gasteiger charge is 2.35. The van der Waals surface area contributed by atoms with Gasteiger partial charge in [0.25, 0.3) is 11.8 Å². The lowest BCUT2D eigenvalue weighted by atomic mass is 10.0. The summed E-state index contributed by atoms with van der Waals surface area (Å²) in [6.07, 6.45) is 5.28. The number of nitrogen functional groups attached to an aromatic ring is 1. The number of primary amides is 1. The van der Waals surface area contributed by atoms with Gasteiger partial charge in [-0.1, -0.05) is 52.2 Å². The van der Waals surface area contributed by atoms with Gasteiger partial charge < -0.3 is 16.8 Å². The van der Waals surface area contributed by atoms with Gasteiger partial charge in [-0.25, -0.2) is 0 Å². The zero-order valence-corrected chi connectivity index (χ0v) is 20.3. The molecule has 1 fully saturated rings. The van der Waals surface area contributed by atoms with E-state index < -0.39 is 17.9 Å². The summed E-state index contributed by atoms with van der Waals surface area (Å²) in [7, 11) is 0. The Labute approximate surface area is 198 Å². The molecule has 0 bridgehead atoms. The van der Waals surface area contributed by atoms with Crippen molar-refractivity contribution in [1.29, 1.82) is 0 Å². The van der Waals surface area contributed by atoms with E-state index >= 15 is 0 Å². The Balaban J connectivity index is 2.03. The fourth-order valence-corrected chi connectivity index (χ4v) is 4.96. The second-order valence-corrected chi connectivity index (χ2v) is 9.63. The van der Waals surface area contributed by atoms with Crippen LogP contribution in [0.2, 0.25) is 0 Å². The summed E-state index contributed by atoms with van der Waals surface area (Å²) in [5.41, 5.74) is 13.0. The Kier molecular flexibility index (Phi) is 8.07. The standard InChI is InChI=1S/C24H33N5O3S/c1-4-7-18(23(31)27-16-8-5-6-9-16)29(17-12-10-15(11-13-17)14(2)3)24(32)21-19(25)20(22(26)30)28-33-21/h10-14,16,18H,4-9,25H2,1-3H3,(H2,26,30)(H,27,31). The van der Waals surface area contributed by atoms with Crippen molar-refractivity contribution in [1.82, 2.24) is 9.69 Å². The van der Waals surface area contributed by atoms with Crippen LogP contribution < -0.4 is 21.7 Å². The highest BCUT2D eigenvalue weighted by atomic mass is 32.1. The quantitative estimate of drug-likeness (QED) is 0.511. The van der Waals surface area contributed by atoms with Crippen LogP contribution in [0.15, 0.2) is 24.3 Å². The van der Waals surface area contributed by atoms with Crippen LogP contribution in [0.25, 0.3) is 0 Å². The minimum Gasteiger partial charge on any atom is -0.395 e. The van der Waals surface area contributed by atoms with Crippen LogP contribution in [-0.4, -0.2) is 34.2 Å².